The lowest BCUT2D eigenvalue weighted by Crippen LogP contribution is -2.14. The van der Waals surface area contributed by atoms with Gasteiger partial charge < -0.3 is 10.6 Å². The van der Waals surface area contributed by atoms with Crippen LogP contribution in [0.1, 0.15) is 16.7 Å². The number of benzene rings is 3. The Labute approximate surface area is 148 Å². The third-order valence-corrected chi connectivity index (χ3v) is 4.12. The molecule has 0 heterocycles. The van der Waals surface area contributed by atoms with Crippen LogP contribution in [0.3, 0.4) is 0 Å². The fourth-order valence-corrected chi connectivity index (χ4v) is 2.66. The largest absolute Gasteiger partial charge is 0.381 e. The molecule has 0 aliphatic rings. The van der Waals surface area contributed by atoms with Crippen LogP contribution in [0.25, 0.3) is 0 Å². The molecular formula is C22H22N2O. The summed E-state index contributed by atoms with van der Waals surface area (Å²) >= 11 is 0. The maximum atomic E-state index is 12.1. The maximum Gasteiger partial charge on any atom is 0.228 e. The number of carbonyl (C=O) groups excluding carboxylic acids is 1. The van der Waals surface area contributed by atoms with Gasteiger partial charge in [0.2, 0.25) is 5.91 Å². The van der Waals surface area contributed by atoms with Crippen LogP contribution in [0, 0.1) is 6.92 Å². The number of anilines is 2. The standard InChI is InChI=1S/C22H22N2O/c1-17-7-5-6-10-19(17)16-23-20-11-13-21(14-12-20)24-22(25)15-18-8-3-2-4-9-18/h2-14,23H,15-16H2,1H3,(H,24,25). The van der Waals surface area contributed by atoms with Gasteiger partial charge in [-0.3, -0.25) is 4.79 Å². The molecule has 0 aliphatic heterocycles. The SMILES string of the molecule is Cc1ccccc1CNc1ccc(NC(=O)Cc2ccccc2)cc1. The van der Waals surface area contributed by atoms with Crippen LogP contribution in [0.4, 0.5) is 11.4 Å². The van der Waals surface area contributed by atoms with Gasteiger partial charge in [0, 0.05) is 17.9 Å². The summed E-state index contributed by atoms with van der Waals surface area (Å²) in [6.07, 6.45) is 0.383. The first-order chi connectivity index (χ1) is 12.2. The summed E-state index contributed by atoms with van der Waals surface area (Å²) in [7, 11) is 0. The second-order valence-corrected chi connectivity index (χ2v) is 6.07. The first-order valence-electron chi connectivity index (χ1n) is 8.43. The Bertz CT molecular complexity index is 826. The van der Waals surface area contributed by atoms with Crippen molar-refractivity contribution in [3.63, 3.8) is 0 Å². The van der Waals surface area contributed by atoms with E-state index in [1.807, 2.05) is 60.7 Å². The maximum absolute atomic E-state index is 12.1. The molecule has 0 saturated heterocycles. The van der Waals surface area contributed by atoms with E-state index in [-0.39, 0.29) is 5.91 Å². The molecule has 1 amide bonds. The van der Waals surface area contributed by atoms with E-state index in [1.54, 1.807) is 0 Å². The lowest BCUT2D eigenvalue weighted by atomic mass is 10.1. The molecule has 0 saturated carbocycles. The zero-order valence-corrected chi connectivity index (χ0v) is 14.3. The second-order valence-electron chi connectivity index (χ2n) is 6.07. The van der Waals surface area contributed by atoms with Crippen molar-refractivity contribution in [3.05, 3.63) is 95.6 Å². The van der Waals surface area contributed by atoms with Gasteiger partial charge in [-0.15, -0.1) is 0 Å². The quantitative estimate of drug-likeness (QED) is 0.682. The summed E-state index contributed by atoms with van der Waals surface area (Å²) in [5.41, 5.74) is 5.41. The van der Waals surface area contributed by atoms with Gasteiger partial charge in [0.25, 0.3) is 0 Å². The molecule has 0 spiro atoms. The van der Waals surface area contributed by atoms with Gasteiger partial charge >= 0.3 is 0 Å². The minimum Gasteiger partial charge on any atom is -0.381 e. The Balaban J connectivity index is 1.53. The molecule has 0 aromatic heterocycles. The molecule has 0 atom stereocenters. The summed E-state index contributed by atoms with van der Waals surface area (Å²) in [6.45, 7) is 2.90. The number of carbonyl (C=O) groups is 1. The topological polar surface area (TPSA) is 41.1 Å². The van der Waals surface area contributed by atoms with E-state index in [4.69, 9.17) is 0 Å². The van der Waals surface area contributed by atoms with Crippen molar-refractivity contribution in [3.8, 4) is 0 Å². The van der Waals surface area contributed by atoms with E-state index in [0.717, 1.165) is 23.5 Å². The molecule has 2 N–H and O–H groups in total. The number of hydrogen-bond donors (Lipinski definition) is 2. The smallest absolute Gasteiger partial charge is 0.228 e. The van der Waals surface area contributed by atoms with Gasteiger partial charge in [0.15, 0.2) is 0 Å². The lowest BCUT2D eigenvalue weighted by Gasteiger charge is -2.10. The average Bonchev–Trinajstić information content (AvgIpc) is 2.63. The van der Waals surface area contributed by atoms with Crippen LogP contribution in [0.2, 0.25) is 0 Å². The van der Waals surface area contributed by atoms with Crippen LogP contribution < -0.4 is 10.6 Å². The van der Waals surface area contributed by atoms with Crippen molar-refractivity contribution >= 4 is 17.3 Å². The molecular weight excluding hydrogens is 308 g/mol. The Morgan fingerprint density at radius 2 is 1.44 bits per heavy atom. The van der Waals surface area contributed by atoms with Crippen molar-refractivity contribution in [2.45, 2.75) is 19.9 Å². The number of hydrogen-bond acceptors (Lipinski definition) is 2. The van der Waals surface area contributed by atoms with Crippen molar-refractivity contribution in [2.75, 3.05) is 10.6 Å². The Kier molecular flexibility index (Phi) is 5.47. The Hall–Kier alpha value is -3.07. The number of rotatable bonds is 6. The molecule has 0 aliphatic carbocycles. The van der Waals surface area contributed by atoms with Crippen LogP contribution in [-0.2, 0) is 17.8 Å². The van der Waals surface area contributed by atoms with Gasteiger partial charge in [0.1, 0.15) is 0 Å². The van der Waals surface area contributed by atoms with Gasteiger partial charge in [-0.2, -0.15) is 0 Å². The normalized spacial score (nSPS) is 10.3. The highest BCUT2D eigenvalue weighted by molar-refractivity contribution is 5.92. The molecule has 3 aromatic rings. The summed E-state index contributed by atoms with van der Waals surface area (Å²) in [5.74, 6) is -0.00757. The Morgan fingerprint density at radius 1 is 0.800 bits per heavy atom. The van der Waals surface area contributed by atoms with Gasteiger partial charge in [-0.05, 0) is 47.9 Å². The fraction of sp³-hybridized carbons (Fsp3) is 0.136. The van der Waals surface area contributed by atoms with Gasteiger partial charge in [-0.25, -0.2) is 0 Å². The van der Waals surface area contributed by atoms with E-state index < -0.39 is 0 Å². The van der Waals surface area contributed by atoms with E-state index in [0.29, 0.717) is 6.42 Å². The minimum atomic E-state index is -0.00757. The average molecular weight is 330 g/mol. The Morgan fingerprint density at radius 3 is 2.16 bits per heavy atom. The predicted octanol–water partition coefficient (Wildman–Crippen LogP) is 4.79. The summed E-state index contributed by atoms with van der Waals surface area (Å²) in [4.78, 5) is 12.1. The van der Waals surface area contributed by atoms with E-state index in [9.17, 15) is 4.79 Å². The number of nitrogens with one attached hydrogen (secondary N) is 2. The monoisotopic (exact) mass is 330 g/mol. The second kappa shape index (κ2) is 8.15. The predicted molar refractivity (Wildman–Crippen MR) is 104 cm³/mol. The molecule has 25 heavy (non-hydrogen) atoms. The molecule has 3 heteroatoms. The summed E-state index contributed by atoms with van der Waals surface area (Å²) < 4.78 is 0. The van der Waals surface area contributed by atoms with Crippen molar-refractivity contribution < 1.29 is 4.79 Å². The molecule has 126 valence electrons. The van der Waals surface area contributed by atoms with Crippen molar-refractivity contribution in [1.29, 1.82) is 0 Å². The molecule has 3 rings (SSSR count). The van der Waals surface area contributed by atoms with E-state index in [2.05, 4.69) is 35.8 Å². The first-order valence-corrected chi connectivity index (χ1v) is 8.43. The highest BCUT2D eigenvalue weighted by Gasteiger charge is 2.04. The van der Waals surface area contributed by atoms with Gasteiger partial charge in [0.05, 0.1) is 6.42 Å². The van der Waals surface area contributed by atoms with E-state index in [1.165, 1.54) is 11.1 Å². The van der Waals surface area contributed by atoms with Crippen molar-refractivity contribution in [2.24, 2.45) is 0 Å². The van der Waals surface area contributed by atoms with Crippen LogP contribution >= 0.6 is 0 Å². The number of aryl methyl sites for hydroxylation is 1. The summed E-state index contributed by atoms with van der Waals surface area (Å²) in [5, 5.41) is 6.34. The van der Waals surface area contributed by atoms with Crippen molar-refractivity contribution in [1.82, 2.24) is 0 Å². The first kappa shape index (κ1) is 16.8. The third kappa shape index (κ3) is 4.95. The molecule has 3 aromatic carbocycles. The third-order valence-electron chi connectivity index (χ3n) is 4.12. The lowest BCUT2D eigenvalue weighted by molar-refractivity contribution is -0.115. The minimum absolute atomic E-state index is 0.00757. The highest BCUT2D eigenvalue weighted by atomic mass is 16.1. The molecule has 0 fully saturated rings. The molecule has 0 unspecified atom stereocenters. The zero-order valence-electron chi connectivity index (χ0n) is 14.3. The van der Waals surface area contributed by atoms with Crippen LogP contribution in [0.5, 0.6) is 0 Å². The number of amides is 1. The van der Waals surface area contributed by atoms with Crippen LogP contribution in [0.15, 0.2) is 78.9 Å². The van der Waals surface area contributed by atoms with Crippen LogP contribution in [-0.4, -0.2) is 5.91 Å². The van der Waals surface area contributed by atoms with E-state index >= 15 is 0 Å². The molecule has 0 bridgehead atoms. The molecule has 0 radical (unpaired) electrons. The van der Waals surface area contributed by atoms with Gasteiger partial charge in [-0.1, -0.05) is 54.6 Å². The fourth-order valence-electron chi connectivity index (χ4n) is 2.66. The molecule has 3 nitrogen and oxygen atoms in total. The summed E-state index contributed by atoms with van der Waals surface area (Å²) in [6, 6.07) is 25.9. The highest BCUT2D eigenvalue weighted by Crippen LogP contribution is 2.16. The zero-order chi connectivity index (χ0) is 17.5.